The summed E-state index contributed by atoms with van der Waals surface area (Å²) in [4.78, 5) is 25.5. The number of ketones is 1. The highest BCUT2D eigenvalue weighted by Crippen LogP contribution is 2.65. The van der Waals surface area contributed by atoms with Crippen LogP contribution in [0.3, 0.4) is 0 Å². The van der Waals surface area contributed by atoms with Gasteiger partial charge in [-0.1, -0.05) is 11.6 Å². The lowest BCUT2D eigenvalue weighted by Gasteiger charge is -2.10. The summed E-state index contributed by atoms with van der Waals surface area (Å²) in [5, 5.41) is 12.0. The number of alkyl halides is 4. The molecule has 2 aliphatic rings. The zero-order valence-corrected chi connectivity index (χ0v) is 19.1. The lowest BCUT2D eigenvalue weighted by atomic mass is 9.96. The molecular formula is C23H16Cl3F3N2O2. The first-order valence-electron chi connectivity index (χ1n) is 9.99. The third-order valence-electron chi connectivity index (χ3n) is 6.01. The molecule has 0 spiro atoms. The fourth-order valence-electron chi connectivity index (χ4n) is 3.93. The van der Waals surface area contributed by atoms with Gasteiger partial charge in [0.1, 0.15) is 10.2 Å². The second-order valence-corrected chi connectivity index (χ2v) is 10.3. The largest absolute Gasteiger partial charge is 0.326 e. The number of anilines is 1. The van der Waals surface area contributed by atoms with Crippen LogP contribution in [0.2, 0.25) is 5.02 Å². The first-order valence-corrected chi connectivity index (χ1v) is 11.1. The Balaban J connectivity index is 1.52. The van der Waals surface area contributed by atoms with Gasteiger partial charge in [0.05, 0.1) is 22.4 Å². The molecule has 1 N–H and O–H groups in total. The monoisotopic (exact) mass is 514 g/mol. The molecule has 2 aliphatic carbocycles. The maximum atomic E-state index is 13.8. The standard InChI is InChI=1S/C23H16Cl3F3N2O2/c24-16-2-1-14(8-15(16)17(32)9-22(10-30)3-4-22)31-21(33)19-18(23(19,25)26)11-5-12(20(28)29)7-13(27)6-11/h1-2,5-8,18-20H,3-4,9H2,(H,31,33). The predicted molar refractivity (Wildman–Crippen MR) is 118 cm³/mol. The third kappa shape index (κ3) is 4.70. The predicted octanol–water partition coefficient (Wildman–Crippen LogP) is 6.82. The molecule has 2 aromatic carbocycles. The van der Waals surface area contributed by atoms with Crippen LogP contribution in [-0.4, -0.2) is 16.0 Å². The minimum absolute atomic E-state index is 0.0316. The number of Topliss-reactive ketones (excluding diaryl/α,β-unsaturated/α-hetero) is 1. The van der Waals surface area contributed by atoms with Crippen LogP contribution in [0.4, 0.5) is 18.9 Å². The third-order valence-corrected chi connectivity index (χ3v) is 7.28. The van der Waals surface area contributed by atoms with Crippen molar-refractivity contribution in [1.29, 1.82) is 5.26 Å². The Kier molecular flexibility index (Phi) is 6.15. The summed E-state index contributed by atoms with van der Waals surface area (Å²) in [7, 11) is 0. The van der Waals surface area contributed by atoms with E-state index in [0.717, 1.165) is 12.1 Å². The lowest BCUT2D eigenvalue weighted by molar-refractivity contribution is -0.117. The van der Waals surface area contributed by atoms with Gasteiger partial charge in [-0.15, -0.1) is 23.2 Å². The normalized spacial score (nSPS) is 21.9. The van der Waals surface area contributed by atoms with Crippen LogP contribution < -0.4 is 5.32 Å². The van der Waals surface area contributed by atoms with Gasteiger partial charge in [0, 0.05) is 29.2 Å². The summed E-state index contributed by atoms with van der Waals surface area (Å²) in [6.45, 7) is 0. The van der Waals surface area contributed by atoms with Gasteiger partial charge in [-0.2, -0.15) is 5.26 Å². The number of rotatable bonds is 7. The Morgan fingerprint density at radius 3 is 2.48 bits per heavy atom. The molecule has 0 bridgehead atoms. The topological polar surface area (TPSA) is 70.0 Å². The number of benzene rings is 2. The fraction of sp³-hybridized carbons (Fsp3) is 0.348. The summed E-state index contributed by atoms with van der Waals surface area (Å²) >= 11 is 18.6. The van der Waals surface area contributed by atoms with E-state index < -0.39 is 45.3 Å². The molecule has 0 radical (unpaired) electrons. The quantitative estimate of drug-likeness (QED) is 0.325. The van der Waals surface area contributed by atoms with E-state index in [1.807, 2.05) is 0 Å². The first kappa shape index (κ1) is 23.9. The summed E-state index contributed by atoms with van der Waals surface area (Å²) < 4.78 is 38.3. The van der Waals surface area contributed by atoms with Gasteiger partial charge in [-0.3, -0.25) is 9.59 Å². The molecule has 2 aromatic rings. The smallest absolute Gasteiger partial charge is 0.263 e. The molecule has 0 aliphatic heterocycles. The molecule has 0 saturated heterocycles. The van der Waals surface area contributed by atoms with Gasteiger partial charge < -0.3 is 5.32 Å². The number of carbonyl (C=O) groups is 2. The Morgan fingerprint density at radius 2 is 1.88 bits per heavy atom. The molecular weight excluding hydrogens is 500 g/mol. The van der Waals surface area contributed by atoms with Crippen LogP contribution in [0.25, 0.3) is 0 Å². The van der Waals surface area contributed by atoms with Crippen molar-refractivity contribution in [3.05, 3.63) is 63.9 Å². The SMILES string of the molecule is N#CC1(CC(=O)c2cc(NC(=O)C3C(c4cc(F)cc(C(F)F)c4)C3(Cl)Cl)ccc2Cl)CC1. The number of amides is 1. The molecule has 2 fully saturated rings. The maximum Gasteiger partial charge on any atom is 0.263 e. The van der Waals surface area contributed by atoms with E-state index in [1.54, 1.807) is 0 Å². The molecule has 0 heterocycles. The van der Waals surface area contributed by atoms with Gasteiger partial charge in [-0.25, -0.2) is 13.2 Å². The number of carbonyl (C=O) groups excluding carboxylic acids is 2. The van der Waals surface area contributed by atoms with E-state index in [4.69, 9.17) is 34.8 Å². The van der Waals surface area contributed by atoms with Crippen LogP contribution in [0.5, 0.6) is 0 Å². The number of nitrogens with zero attached hydrogens (tertiary/aromatic N) is 1. The Bertz CT molecular complexity index is 1190. The van der Waals surface area contributed by atoms with Gasteiger partial charge in [0.25, 0.3) is 6.43 Å². The average Bonchev–Trinajstić information content (AvgIpc) is 3.63. The Morgan fingerprint density at radius 1 is 1.18 bits per heavy atom. The second kappa shape index (κ2) is 8.50. The summed E-state index contributed by atoms with van der Waals surface area (Å²) in [5.41, 5.74) is -0.685. The number of hydrogen-bond donors (Lipinski definition) is 1. The minimum Gasteiger partial charge on any atom is -0.326 e. The number of nitrogens with one attached hydrogen (secondary N) is 1. The summed E-state index contributed by atoms with van der Waals surface area (Å²) in [6.07, 6.45) is -1.57. The molecule has 2 atom stereocenters. The van der Waals surface area contributed by atoms with Crippen molar-refractivity contribution in [2.24, 2.45) is 11.3 Å². The van der Waals surface area contributed by atoms with Gasteiger partial charge >= 0.3 is 0 Å². The van der Waals surface area contributed by atoms with Crippen LogP contribution >= 0.6 is 34.8 Å². The number of hydrogen-bond acceptors (Lipinski definition) is 3. The van der Waals surface area contributed by atoms with E-state index in [0.29, 0.717) is 18.9 Å². The molecule has 10 heteroatoms. The molecule has 1 amide bonds. The molecule has 172 valence electrons. The van der Waals surface area contributed by atoms with Gasteiger partial charge in [-0.05, 0) is 54.8 Å². The van der Waals surface area contributed by atoms with Crippen LogP contribution in [0.1, 0.15) is 53.1 Å². The molecule has 4 rings (SSSR count). The van der Waals surface area contributed by atoms with E-state index in [1.165, 1.54) is 18.2 Å². The van der Waals surface area contributed by atoms with E-state index in [9.17, 15) is 28.0 Å². The average molecular weight is 516 g/mol. The highest BCUT2D eigenvalue weighted by molar-refractivity contribution is 6.53. The van der Waals surface area contributed by atoms with Crippen molar-refractivity contribution in [3.8, 4) is 6.07 Å². The lowest BCUT2D eigenvalue weighted by Crippen LogP contribution is -2.17. The summed E-state index contributed by atoms with van der Waals surface area (Å²) in [6, 6.07) is 9.27. The minimum atomic E-state index is -2.90. The van der Waals surface area contributed by atoms with Crippen molar-refractivity contribution in [1.82, 2.24) is 0 Å². The first-order chi connectivity index (χ1) is 15.5. The van der Waals surface area contributed by atoms with E-state index in [-0.39, 0.29) is 34.0 Å². The van der Waals surface area contributed by atoms with Gasteiger partial charge in [0.15, 0.2) is 5.78 Å². The highest BCUT2D eigenvalue weighted by atomic mass is 35.5. The van der Waals surface area contributed by atoms with Crippen LogP contribution in [0, 0.1) is 28.5 Å². The molecule has 2 saturated carbocycles. The molecule has 2 unspecified atom stereocenters. The number of nitriles is 1. The van der Waals surface area contributed by atoms with Crippen molar-refractivity contribution in [3.63, 3.8) is 0 Å². The number of halogens is 6. The van der Waals surface area contributed by atoms with Crippen molar-refractivity contribution in [2.75, 3.05) is 5.32 Å². The molecule has 4 nitrogen and oxygen atoms in total. The zero-order valence-electron chi connectivity index (χ0n) is 16.8. The van der Waals surface area contributed by atoms with E-state index in [2.05, 4.69) is 11.4 Å². The van der Waals surface area contributed by atoms with Gasteiger partial charge in [0.2, 0.25) is 5.91 Å². The van der Waals surface area contributed by atoms with E-state index >= 15 is 0 Å². The molecule has 0 aromatic heterocycles. The zero-order chi connectivity index (χ0) is 24.1. The van der Waals surface area contributed by atoms with Crippen LogP contribution in [-0.2, 0) is 4.79 Å². The van der Waals surface area contributed by atoms with Crippen molar-refractivity contribution in [2.45, 2.75) is 35.9 Å². The molecule has 33 heavy (non-hydrogen) atoms. The Labute approximate surface area is 202 Å². The van der Waals surface area contributed by atoms with Crippen molar-refractivity contribution < 1.29 is 22.8 Å². The Hall–Kier alpha value is -2.27. The fourth-order valence-corrected chi connectivity index (χ4v) is 4.98. The van der Waals surface area contributed by atoms with Crippen molar-refractivity contribution >= 4 is 52.2 Å². The second-order valence-electron chi connectivity index (χ2n) is 8.42. The van der Waals surface area contributed by atoms with Crippen LogP contribution in [0.15, 0.2) is 36.4 Å². The maximum absolute atomic E-state index is 13.8. The summed E-state index contributed by atoms with van der Waals surface area (Å²) in [5.74, 6) is -3.75. The highest BCUT2D eigenvalue weighted by Gasteiger charge is 2.67.